The molecule has 156 valence electrons. The molecule has 1 aliphatic heterocycles. The Morgan fingerprint density at radius 1 is 1.10 bits per heavy atom. The molecular weight excluding hydrogens is 448 g/mol. The van der Waals surface area contributed by atoms with Gasteiger partial charge < -0.3 is 19.9 Å². The van der Waals surface area contributed by atoms with Crippen LogP contribution in [0.5, 0.6) is 0 Å². The number of amides is 1. The second kappa shape index (κ2) is 8.89. The fourth-order valence-electron chi connectivity index (χ4n) is 3.73. The van der Waals surface area contributed by atoms with Crippen molar-refractivity contribution in [2.24, 2.45) is 0 Å². The van der Waals surface area contributed by atoms with Gasteiger partial charge in [-0.05, 0) is 30.3 Å². The van der Waals surface area contributed by atoms with Gasteiger partial charge in [-0.15, -0.1) is 0 Å². The van der Waals surface area contributed by atoms with Crippen molar-refractivity contribution >= 4 is 50.1 Å². The Morgan fingerprint density at radius 2 is 1.83 bits per heavy atom. The summed E-state index contributed by atoms with van der Waals surface area (Å²) in [5.41, 5.74) is 2.65. The van der Waals surface area contributed by atoms with E-state index in [0.29, 0.717) is 5.69 Å². The number of hydrogen-bond acceptors (Lipinski definition) is 5. The van der Waals surface area contributed by atoms with E-state index in [-0.39, 0.29) is 18.1 Å². The standard InChI is InChI=1S/C22H23BrN4O3/c1-30-22(29)21-20(17-13-15(23)7-8-18(17)24-21)25-19(28)14-26-9-11-27(12-10-26)16-5-3-2-4-6-16/h2-8,13,24H,9-12,14H2,1H3,(H,25,28). The average molecular weight is 471 g/mol. The first-order valence-electron chi connectivity index (χ1n) is 9.77. The molecule has 1 fully saturated rings. The van der Waals surface area contributed by atoms with Crippen molar-refractivity contribution in [3.05, 3.63) is 58.7 Å². The zero-order valence-electron chi connectivity index (χ0n) is 16.7. The maximum Gasteiger partial charge on any atom is 0.356 e. The number of esters is 1. The number of anilines is 2. The van der Waals surface area contributed by atoms with E-state index in [2.05, 4.69) is 48.2 Å². The number of carbonyl (C=O) groups excluding carboxylic acids is 2. The number of rotatable bonds is 5. The molecule has 1 aromatic heterocycles. The van der Waals surface area contributed by atoms with Crippen molar-refractivity contribution in [1.29, 1.82) is 0 Å². The number of hydrogen-bond donors (Lipinski definition) is 2. The molecule has 0 saturated carbocycles. The van der Waals surface area contributed by atoms with Gasteiger partial charge in [0.2, 0.25) is 5.91 Å². The molecule has 3 aromatic rings. The molecule has 0 unspecified atom stereocenters. The molecule has 2 N–H and O–H groups in total. The third-order valence-corrected chi connectivity index (χ3v) is 5.77. The fourth-order valence-corrected chi connectivity index (χ4v) is 4.10. The van der Waals surface area contributed by atoms with Crippen molar-refractivity contribution in [2.45, 2.75) is 0 Å². The van der Waals surface area contributed by atoms with Crippen molar-refractivity contribution < 1.29 is 14.3 Å². The molecule has 0 atom stereocenters. The van der Waals surface area contributed by atoms with Crippen LogP contribution < -0.4 is 10.2 Å². The smallest absolute Gasteiger partial charge is 0.356 e. The minimum Gasteiger partial charge on any atom is -0.464 e. The van der Waals surface area contributed by atoms with Gasteiger partial charge in [0.25, 0.3) is 0 Å². The Bertz CT molecular complexity index is 1060. The second-order valence-electron chi connectivity index (χ2n) is 7.20. The third kappa shape index (κ3) is 4.34. The summed E-state index contributed by atoms with van der Waals surface area (Å²) in [6, 6.07) is 15.9. The van der Waals surface area contributed by atoms with Gasteiger partial charge in [-0.1, -0.05) is 34.1 Å². The molecule has 4 rings (SSSR count). The van der Waals surface area contributed by atoms with Crippen LogP contribution in [0.2, 0.25) is 0 Å². The lowest BCUT2D eigenvalue weighted by atomic mass is 10.2. The van der Waals surface area contributed by atoms with Gasteiger partial charge in [0.1, 0.15) is 5.69 Å². The summed E-state index contributed by atoms with van der Waals surface area (Å²) in [5, 5.41) is 3.68. The second-order valence-corrected chi connectivity index (χ2v) is 8.12. The number of halogens is 1. The Labute approximate surface area is 183 Å². The van der Waals surface area contributed by atoms with E-state index in [1.165, 1.54) is 12.8 Å². The number of ether oxygens (including phenoxy) is 1. The highest BCUT2D eigenvalue weighted by molar-refractivity contribution is 9.10. The number of para-hydroxylation sites is 1. The lowest BCUT2D eigenvalue weighted by molar-refractivity contribution is -0.117. The maximum atomic E-state index is 12.8. The van der Waals surface area contributed by atoms with E-state index in [4.69, 9.17) is 4.74 Å². The van der Waals surface area contributed by atoms with Gasteiger partial charge in [0.05, 0.1) is 19.3 Å². The Kier molecular flexibility index (Phi) is 6.06. The van der Waals surface area contributed by atoms with Gasteiger partial charge in [0, 0.05) is 47.2 Å². The van der Waals surface area contributed by atoms with Crippen LogP contribution in [0.3, 0.4) is 0 Å². The summed E-state index contributed by atoms with van der Waals surface area (Å²) in [6.45, 7) is 3.59. The molecule has 1 aliphatic rings. The molecule has 2 aromatic carbocycles. The van der Waals surface area contributed by atoms with Crippen LogP contribution >= 0.6 is 15.9 Å². The average Bonchev–Trinajstić information content (AvgIpc) is 3.11. The zero-order chi connectivity index (χ0) is 21.1. The van der Waals surface area contributed by atoms with Gasteiger partial charge in [-0.3, -0.25) is 9.69 Å². The number of nitrogens with one attached hydrogen (secondary N) is 2. The first kappa shape index (κ1) is 20.4. The quantitative estimate of drug-likeness (QED) is 0.558. The fraction of sp³-hybridized carbons (Fsp3) is 0.273. The number of piperazine rings is 1. The predicted molar refractivity (Wildman–Crippen MR) is 121 cm³/mol. The number of nitrogens with zero attached hydrogens (tertiary/aromatic N) is 2. The first-order chi connectivity index (χ1) is 14.5. The van der Waals surface area contributed by atoms with Gasteiger partial charge in [0.15, 0.2) is 0 Å². The molecular formula is C22H23BrN4O3. The van der Waals surface area contributed by atoms with Crippen molar-refractivity contribution in [2.75, 3.05) is 50.1 Å². The molecule has 0 spiro atoms. The molecule has 30 heavy (non-hydrogen) atoms. The van der Waals surface area contributed by atoms with Crippen LogP contribution in [0.1, 0.15) is 10.5 Å². The van der Waals surface area contributed by atoms with Crippen molar-refractivity contribution in [3.63, 3.8) is 0 Å². The minimum absolute atomic E-state index is 0.158. The summed E-state index contributed by atoms with van der Waals surface area (Å²) in [7, 11) is 1.32. The molecule has 2 heterocycles. The number of aromatic amines is 1. The summed E-state index contributed by atoms with van der Waals surface area (Å²) in [4.78, 5) is 32.5. The largest absolute Gasteiger partial charge is 0.464 e. The lowest BCUT2D eigenvalue weighted by Gasteiger charge is -2.35. The minimum atomic E-state index is -0.519. The SMILES string of the molecule is COC(=O)c1[nH]c2ccc(Br)cc2c1NC(=O)CN1CCN(c2ccccc2)CC1. The van der Waals surface area contributed by atoms with Gasteiger partial charge in [-0.25, -0.2) is 4.79 Å². The highest BCUT2D eigenvalue weighted by Gasteiger charge is 2.23. The van der Waals surface area contributed by atoms with Crippen LogP contribution in [-0.4, -0.2) is 61.6 Å². The number of H-pyrrole nitrogens is 1. The van der Waals surface area contributed by atoms with E-state index < -0.39 is 5.97 Å². The monoisotopic (exact) mass is 470 g/mol. The zero-order valence-corrected chi connectivity index (χ0v) is 18.2. The van der Waals surface area contributed by atoms with Crippen LogP contribution in [0.4, 0.5) is 11.4 Å². The highest BCUT2D eigenvalue weighted by Crippen LogP contribution is 2.31. The van der Waals surface area contributed by atoms with Crippen LogP contribution in [-0.2, 0) is 9.53 Å². The summed E-state index contributed by atoms with van der Waals surface area (Å²) < 4.78 is 5.73. The molecule has 1 saturated heterocycles. The highest BCUT2D eigenvalue weighted by atomic mass is 79.9. The molecule has 8 heteroatoms. The van der Waals surface area contributed by atoms with E-state index in [9.17, 15) is 9.59 Å². The maximum absolute atomic E-state index is 12.8. The predicted octanol–water partition coefficient (Wildman–Crippen LogP) is 3.48. The van der Waals surface area contributed by atoms with E-state index in [1.807, 2.05) is 36.4 Å². The van der Waals surface area contributed by atoms with E-state index in [0.717, 1.165) is 41.6 Å². The molecule has 0 radical (unpaired) electrons. The molecule has 1 amide bonds. The van der Waals surface area contributed by atoms with Crippen LogP contribution in [0.25, 0.3) is 10.9 Å². The van der Waals surface area contributed by atoms with Crippen LogP contribution in [0.15, 0.2) is 53.0 Å². The number of carbonyl (C=O) groups is 2. The number of fused-ring (bicyclic) bond motifs is 1. The third-order valence-electron chi connectivity index (χ3n) is 5.28. The molecule has 7 nitrogen and oxygen atoms in total. The van der Waals surface area contributed by atoms with E-state index in [1.54, 1.807) is 0 Å². The number of methoxy groups -OCH3 is 1. The summed E-state index contributed by atoms with van der Waals surface area (Å²) in [6.07, 6.45) is 0. The van der Waals surface area contributed by atoms with Crippen molar-refractivity contribution in [1.82, 2.24) is 9.88 Å². The Morgan fingerprint density at radius 3 is 2.53 bits per heavy atom. The first-order valence-corrected chi connectivity index (χ1v) is 10.6. The number of aromatic nitrogens is 1. The van der Waals surface area contributed by atoms with Gasteiger partial charge in [-0.2, -0.15) is 0 Å². The normalized spacial score (nSPS) is 14.7. The molecule has 0 bridgehead atoms. The number of benzene rings is 2. The van der Waals surface area contributed by atoms with Crippen LogP contribution in [0, 0.1) is 0 Å². The summed E-state index contributed by atoms with van der Waals surface area (Å²) >= 11 is 3.44. The van der Waals surface area contributed by atoms with E-state index >= 15 is 0 Å². The Hall–Kier alpha value is -2.84. The topological polar surface area (TPSA) is 77.7 Å². The van der Waals surface area contributed by atoms with Crippen molar-refractivity contribution in [3.8, 4) is 0 Å². The molecule has 0 aliphatic carbocycles. The Balaban J connectivity index is 1.44. The lowest BCUT2D eigenvalue weighted by Crippen LogP contribution is -2.48. The van der Waals surface area contributed by atoms with Gasteiger partial charge >= 0.3 is 5.97 Å². The summed E-state index contributed by atoms with van der Waals surface area (Å²) in [5.74, 6) is -0.678.